The minimum atomic E-state index is -1.20. The molecule has 1 rings (SSSR count). The first-order chi connectivity index (χ1) is 8.97. The second-order valence-electron chi connectivity index (χ2n) is 3.75. The summed E-state index contributed by atoms with van der Waals surface area (Å²) in [7, 11) is 0. The Morgan fingerprint density at radius 2 is 1.68 bits per heavy atom. The Labute approximate surface area is 109 Å². The maximum atomic E-state index is 11.3. The molecular formula is C13H13NO5. The fourth-order valence-corrected chi connectivity index (χ4v) is 1.34. The number of aryl methyl sites for hydroxylation is 1. The van der Waals surface area contributed by atoms with E-state index in [1.165, 1.54) is 0 Å². The number of hydrogen-bond donors (Lipinski definition) is 3. The van der Waals surface area contributed by atoms with Crippen LogP contribution in [-0.2, 0) is 20.8 Å². The molecule has 1 amide bonds. The van der Waals surface area contributed by atoms with Crippen LogP contribution in [0.1, 0.15) is 12.0 Å². The van der Waals surface area contributed by atoms with Crippen LogP contribution in [0, 0.1) is 0 Å². The first-order valence-electron chi connectivity index (χ1n) is 5.50. The van der Waals surface area contributed by atoms with Crippen molar-refractivity contribution in [3.8, 4) is 0 Å². The first kappa shape index (κ1) is 14.4. The average molecular weight is 263 g/mol. The van der Waals surface area contributed by atoms with Gasteiger partial charge in [0.05, 0.1) is 0 Å². The summed E-state index contributed by atoms with van der Waals surface area (Å²) in [4.78, 5) is 31.9. The average Bonchev–Trinajstić information content (AvgIpc) is 2.35. The summed E-state index contributed by atoms with van der Waals surface area (Å²) in [5, 5.41) is 19.4. The molecular weight excluding hydrogens is 250 g/mol. The van der Waals surface area contributed by atoms with Gasteiger partial charge < -0.3 is 15.5 Å². The van der Waals surface area contributed by atoms with Crippen LogP contribution in [0.15, 0.2) is 36.4 Å². The van der Waals surface area contributed by atoms with Crippen molar-refractivity contribution in [2.45, 2.75) is 12.8 Å². The number of carbonyl (C=O) groups is 3. The molecule has 0 saturated heterocycles. The van der Waals surface area contributed by atoms with E-state index in [4.69, 9.17) is 10.2 Å². The SMILES string of the molecule is O=C(O)/C=C/C(=O)Nc1ccc(CCC(=O)O)cc1. The maximum absolute atomic E-state index is 11.3. The smallest absolute Gasteiger partial charge is 0.328 e. The zero-order valence-electron chi connectivity index (χ0n) is 10.00. The molecule has 3 N–H and O–H groups in total. The van der Waals surface area contributed by atoms with E-state index < -0.39 is 17.8 Å². The monoisotopic (exact) mass is 263 g/mol. The van der Waals surface area contributed by atoms with Gasteiger partial charge in [0.1, 0.15) is 0 Å². The van der Waals surface area contributed by atoms with Crippen LogP contribution in [0.25, 0.3) is 0 Å². The van der Waals surface area contributed by atoms with Crippen LogP contribution in [0.4, 0.5) is 5.69 Å². The lowest BCUT2D eigenvalue weighted by Crippen LogP contribution is -2.08. The largest absolute Gasteiger partial charge is 0.481 e. The highest BCUT2D eigenvalue weighted by Crippen LogP contribution is 2.11. The number of amides is 1. The van der Waals surface area contributed by atoms with Crippen molar-refractivity contribution in [1.29, 1.82) is 0 Å². The van der Waals surface area contributed by atoms with Gasteiger partial charge in [0.2, 0.25) is 5.91 Å². The van der Waals surface area contributed by atoms with E-state index in [2.05, 4.69) is 5.32 Å². The molecule has 0 aliphatic rings. The zero-order valence-corrected chi connectivity index (χ0v) is 10.00. The summed E-state index contributed by atoms with van der Waals surface area (Å²) in [6.45, 7) is 0. The fourth-order valence-electron chi connectivity index (χ4n) is 1.34. The molecule has 0 aliphatic carbocycles. The van der Waals surface area contributed by atoms with E-state index in [9.17, 15) is 14.4 Å². The number of hydrogen-bond acceptors (Lipinski definition) is 3. The van der Waals surface area contributed by atoms with Crippen LogP contribution < -0.4 is 5.32 Å². The second kappa shape index (κ2) is 6.95. The standard InChI is InChI=1S/C13H13NO5/c15-11(6-8-13(18)19)14-10-4-1-9(2-5-10)3-7-12(16)17/h1-2,4-6,8H,3,7H2,(H,14,15)(H,16,17)(H,18,19)/b8-6+. The van der Waals surface area contributed by atoms with E-state index >= 15 is 0 Å². The number of carbonyl (C=O) groups excluding carboxylic acids is 1. The Kier molecular flexibility index (Phi) is 5.28. The van der Waals surface area contributed by atoms with Crippen molar-refractivity contribution in [3.63, 3.8) is 0 Å². The highest BCUT2D eigenvalue weighted by molar-refractivity contribution is 6.02. The van der Waals surface area contributed by atoms with Crippen LogP contribution >= 0.6 is 0 Å². The second-order valence-corrected chi connectivity index (χ2v) is 3.75. The summed E-state index contributed by atoms with van der Waals surface area (Å²) in [6.07, 6.45) is 2.13. The summed E-state index contributed by atoms with van der Waals surface area (Å²) < 4.78 is 0. The maximum Gasteiger partial charge on any atom is 0.328 e. The molecule has 0 bridgehead atoms. The van der Waals surface area contributed by atoms with E-state index in [1.807, 2.05) is 0 Å². The third kappa shape index (κ3) is 6.02. The molecule has 1 aromatic carbocycles. The minimum Gasteiger partial charge on any atom is -0.481 e. The van der Waals surface area contributed by atoms with Gasteiger partial charge >= 0.3 is 11.9 Å². The number of rotatable bonds is 6. The molecule has 0 atom stereocenters. The predicted octanol–water partition coefficient (Wildman–Crippen LogP) is 1.28. The Hall–Kier alpha value is -2.63. The van der Waals surface area contributed by atoms with E-state index in [0.29, 0.717) is 12.1 Å². The predicted molar refractivity (Wildman–Crippen MR) is 67.8 cm³/mol. The van der Waals surface area contributed by atoms with Crippen LogP contribution in [-0.4, -0.2) is 28.1 Å². The minimum absolute atomic E-state index is 0.0487. The Morgan fingerprint density at radius 1 is 1.05 bits per heavy atom. The van der Waals surface area contributed by atoms with Crippen molar-refractivity contribution in [2.24, 2.45) is 0 Å². The number of benzene rings is 1. The normalized spacial score (nSPS) is 10.3. The Bertz CT molecular complexity index is 504. The molecule has 0 spiro atoms. The highest BCUT2D eigenvalue weighted by Gasteiger charge is 2.01. The van der Waals surface area contributed by atoms with Gasteiger partial charge in [0.25, 0.3) is 0 Å². The van der Waals surface area contributed by atoms with Gasteiger partial charge in [-0.05, 0) is 24.1 Å². The molecule has 0 unspecified atom stereocenters. The number of carboxylic acids is 2. The van der Waals surface area contributed by atoms with Crippen LogP contribution in [0.3, 0.4) is 0 Å². The van der Waals surface area contributed by atoms with Gasteiger partial charge in [0, 0.05) is 24.3 Å². The molecule has 6 heteroatoms. The lowest BCUT2D eigenvalue weighted by atomic mass is 10.1. The van der Waals surface area contributed by atoms with Gasteiger partial charge in [-0.3, -0.25) is 9.59 Å². The third-order valence-electron chi connectivity index (χ3n) is 2.23. The Morgan fingerprint density at radius 3 is 2.21 bits per heavy atom. The first-order valence-corrected chi connectivity index (χ1v) is 5.50. The molecule has 1 aromatic rings. The Balaban J connectivity index is 2.54. The summed E-state index contributed by atoms with van der Waals surface area (Å²) in [5.74, 6) is -2.60. The van der Waals surface area contributed by atoms with Gasteiger partial charge in [-0.15, -0.1) is 0 Å². The van der Waals surface area contributed by atoms with Gasteiger partial charge in [-0.25, -0.2) is 4.79 Å². The van der Waals surface area contributed by atoms with E-state index in [0.717, 1.165) is 17.7 Å². The van der Waals surface area contributed by atoms with Crippen LogP contribution in [0.2, 0.25) is 0 Å². The van der Waals surface area contributed by atoms with Crippen molar-refractivity contribution >= 4 is 23.5 Å². The number of aliphatic carboxylic acids is 2. The quantitative estimate of drug-likeness (QED) is 0.671. The van der Waals surface area contributed by atoms with E-state index in [-0.39, 0.29) is 6.42 Å². The van der Waals surface area contributed by atoms with Gasteiger partial charge in [0.15, 0.2) is 0 Å². The van der Waals surface area contributed by atoms with Crippen molar-refractivity contribution < 1.29 is 24.6 Å². The van der Waals surface area contributed by atoms with Gasteiger partial charge in [-0.2, -0.15) is 0 Å². The lowest BCUT2D eigenvalue weighted by Gasteiger charge is -2.03. The van der Waals surface area contributed by atoms with Crippen LogP contribution in [0.5, 0.6) is 0 Å². The van der Waals surface area contributed by atoms with E-state index in [1.54, 1.807) is 24.3 Å². The molecule has 0 radical (unpaired) electrons. The molecule has 100 valence electrons. The number of nitrogens with one attached hydrogen (secondary N) is 1. The topological polar surface area (TPSA) is 104 Å². The fraction of sp³-hybridized carbons (Fsp3) is 0.154. The summed E-state index contributed by atoms with van der Waals surface area (Å²) in [5.41, 5.74) is 1.36. The molecule has 0 aliphatic heterocycles. The lowest BCUT2D eigenvalue weighted by molar-refractivity contribution is -0.137. The molecule has 6 nitrogen and oxygen atoms in total. The molecule has 19 heavy (non-hydrogen) atoms. The third-order valence-corrected chi connectivity index (χ3v) is 2.23. The van der Waals surface area contributed by atoms with Gasteiger partial charge in [-0.1, -0.05) is 12.1 Å². The number of anilines is 1. The molecule has 0 aromatic heterocycles. The summed E-state index contributed by atoms with van der Waals surface area (Å²) >= 11 is 0. The number of carboxylic acid groups (broad SMARTS) is 2. The summed E-state index contributed by atoms with van der Waals surface area (Å²) in [6, 6.07) is 6.67. The zero-order chi connectivity index (χ0) is 14.3. The van der Waals surface area contributed by atoms with Crippen molar-refractivity contribution in [3.05, 3.63) is 42.0 Å². The molecule has 0 heterocycles. The van der Waals surface area contributed by atoms with Crippen molar-refractivity contribution in [2.75, 3.05) is 5.32 Å². The molecule has 0 fully saturated rings. The highest BCUT2D eigenvalue weighted by atomic mass is 16.4. The van der Waals surface area contributed by atoms with Crippen molar-refractivity contribution in [1.82, 2.24) is 0 Å². The molecule has 0 saturated carbocycles.